The van der Waals surface area contributed by atoms with Crippen LogP contribution < -0.4 is 20.1 Å². The number of hydrogen-bond donors (Lipinski definition) is 2. The van der Waals surface area contributed by atoms with Gasteiger partial charge >= 0.3 is 0 Å². The number of carbonyl (C=O) groups is 1. The lowest BCUT2D eigenvalue weighted by Gasteiger charge is -2.12. The summed E-state index contributed by atoms with van der Waals surface area (Å²) in [4.78, 5) is 12.5. The highest BCUT2D eigenvalue weighted by Gasteiger charge is 2.09. The number of carbonyl (C=O) groups excluding carboxylic acids is 1. The maximum Gasteiger partial charge on any atom is 0.257 e. The molecule has 0 fully saturated rings. The Bertz CT molecular complexity index is 804. The quantitative estimate of drug-likeness (QED) is 0.547. The predicted molar refractivity (Wildman–Crippen MR) is 122 cm³/mol. The summed E-state index contributed by atoms with van der Waals surface area (Å²) in [5.74, 6) is 2.23. The van der Waals surface area contributed by atoms with E-state index < -0.39 is 0 Å². The van der Waals surface area contributed by atoms with Crippen molar-refractivity contribution in [3.05, 3.63) is 54.1 Å². The van der Waals surface area contributed by atoms with Gasteiger partial charge in [-0.2, -0.15) is 0 Å². The van der Waals surface area contributed by atoms with E-state index in [-0.39, 0.29) is 11.0 Å². The van der Waals surface area contributed by atoms with Crippen LogP contribution in [0.15, 0.2) is 48.5 Å². The number of rotatable bonds is 9. The lowest BCUT2D eigenvalue weighted by molar-refractivity contribution is 0.0977. The van der Waals surface area contributed by atoms with Gasteiger partial charge in [0.1, 0.15) is 11.5 Å². The van der Waals surface area contributed by atoms with Gasteiger partial charge in [0.15, 0.2) is 5.11 Å². The van der Waals surface area contributed by atoms with E-state index in [9.17, 15) is 4.79 Å². The van der Waals surface area contributed by atoms with E-state index in [1.165, 1.54) is 0 Å². The van der Waals surface area contributed by atoms with E-state index in [0.717, 1.165) is 17.9 Å². The monoisotopic (exact) mass is 414 g/mol. The Balaban J connectivity index is 1.86. The number of benzene rings is 2. The van der Waals surface area contributed by atoms with Gasteiger partial charge in [0, 0.05) is 11.3 Å². The summed E-state index contributed by atoms with van der Waals surface area (Å²) in [5.41, 5.74) is 1.27. The minimum absolute atomic E-state index is 0.233. The van der Waals surface area contributed by atoms with Gasteiger partial charge < -0.3 is 14.8 Å². The summed E-state index contributed by atoms with van der Waals surface area (Å²) in [7, 11) is 0. The van der Waals surface area contributed by atoms with E-state index in [2.05, 4.69) is 38.3 Å². The lowest BCUT2D eigenvalue weighted by atomic mass is 10.1. The first kappa shape index (κ1) is 22.7. The van der Waals surface area contributed by atoms with Crippen molar-refractivity contribution in [1.82, 2.24) is 5.32 Å². The predicted octanol–water partition coefficient (Wildman–Crippen LogP) is 5.27. The van der Waals surface area contributed by atoms with E-state index in [0.29, 0.717) is 36.4 Å². The van der Waals surface area contributed by atoms with Crippen molar-refractivity contribution < 1.29 is 14.3 Å². The number of anilines is 1. The van der Waals surface area contributed by atoms with Crippen LogP contribution in [0.1, 0.15) is 44.5 Å². The summed E-state index contributed by atoms with van der Waals surface area (Å²) >= 11 is 5.26. The van der Waals surface area contributed by atoms with Crippen molar-refractivity contribution in [2.75, 3.05) is 18.5 Å². The van der Waals surface area contributed by atoms with Gasteiger partial charge in [0.25, 0.3) is 5.91 Å². The van der Waals surface area contributed by atoms with E-state index in [1.54, 1.807) is 18.2 Å². The van der Waals surface area contributed by atoms with Crippen molar-refractivity contribution in [1.29, 1.82) is 0 Å². The number of hydrogen-bond acceptors (Lipinski definition) is 4. The summed E-state index contributed by atoms with van der Waals surface area (Å²) < 4.78 is 11.4. The van der Waals surface area contributed by atoms with Crippen molar-refractivity contribution in [3.8, 4) is 11.5 Å². The van der Waals surface area contributed by atoms with E-state index >= 15 is 0 Å². The molecule has 0 heterocycles. The SMILES string of the molecule is CC(C)CCOc1cccc(C(=O)NC(=S)Nc2ccc(OCC(C)C)cc2)c1. The third-order valence-electron chi connectivity index (χ3n) is 3.98. The van der Waals surface area contributed by atoms with Crippen molar-refractivity contribution in [2.45, 2.75) is 34.1 Å². The third kappa shape index (κ3) is 8.52. The zero-order valence-electron chi connectivity index (χ0n) is 17.5. The molecule has 6 heteroatoms. The Morgan fingerprint density at radius 1 is 0.966 bits per heavy atom. The molecule has 0 aliphatic heterocycles. The third-order valence-corrected chi connectivity index (χ3v) is 4.19. The molecule has 0 radical (unpaired) electrons. The second kappa shape index (κ2) is 11.4. The number of amides is 1. The standard InChI is InChI=1S/C23H30N2O3S/c1-16(2)12-13-27-21-7-5-6-18(14-21)22(26)25-23(29)24-19-8-10-20(11-9-19)28-15-17(3)4/h5-11,14,16-17H,12-13,15H2,1-4H3,(H2,24,25,26,29). The Morgan fingerprint density at radius 3 is 2.34 bits per heavy atom. The minimum Gasteiger partial charge on any atom is -0.494 e. The molecule has 0 aromatic heterocycles. The number of nitrogens with one attached hydrogen (secondary N) is 2. The van der Waals surface area contributed by atoms with Crippen LogP contribution in [0.4, 0.5) is 5.69 Å². The van der Waals surface area contributed by atoms with Crippen LogP contribution in [-0.4, -0.2) is 24.2 Å². The number of thiocarbonyl (C=S) groups is 1. The highest BCUT2D eigenvalue weighted by atomic mass is 32.1. The molecule has 29 heavy (non-hydrogen) atoms. The van der Waals surface area contributed by atoms with Gasteiger partial charge in [-0.05, 0) is 72.9 Å². The fourth-order valence-electron chi connectivity index (χ4n) is 2.37. The molecule has 156 valence electrons. The summed E-state index contributed by atoms with van der Waals surface area (Å²) in [6, 6.07) is 14.5. The molecule has 0 bridgehead atoms. The molecule has 5 nitrogen and oxygen atoms in total. The average Bonchev–Trinajstić information content (AvgIpc) is 2.67. The Kier molecular flexibility index (Phi) is 8.93. The highest BCUT2D eigenvalue weighted by Crippen LogP contribution is 2.17. The Morgan fingerprint density at radius 2 is 1.69 bits per heavy atom. The zero-order valence-corrected chi connectivity index (χ0v) is 18.3. The molecule has 2 aromatic carbocycles. The Hall–Kier alpha value is -2.60. The molecule has 0 saturated heterocycles. The molecule has 2 N–H and O–H groups in total. The molecule has 2 rings (SSSR count). The van der Waals surface area contributed by atoms with Gasteiger partial charge in [-0.25, -0.2) is 0 Å². The lowest BCUT2D eigenvalue weighted by Crippen LogP contribution is -2.34. The second-order valence-corrected chi connectivity index (χ2v) is 8.10. The van der Waals surface area contributed by atoms with Crippen molar-refractivity contribution in [3.63, 3.8) is 0 Å². The molecule has 2 aromatic rings. The van der Waals surface area contributed by atoms with Gasteiger partial charge in [0.05, 0.1) is 13.2 Å². The van der Waals surface area contributed by atoms with Crippen molar-refractivity contribution in [2.24, 2.45) is 11.8 Å². The molecule has 0 atom stereocenters. The maximum atomic E-state index is 12.5. The topological polar surface area (TPSA) is 59.6 Å². The summed E-state index contributed by atoms with van der Waals surface area (Å²) in [5, 5.41) is 5.94. The molecular formula is C23H30N2O3S. The summed E-state index contributed by atoms with van der Waals surface area (Å²) in [6.07, 6.45) is 0.964. The second-order valence-electron chi connectivity index (χ2n) is 7.70. The maximum absolute atomic E-state index is 12.5. The first-order chi connectivity index (χ1) is 13.8. The van der Waals surface area contributed by atoms with Gasteiger partial charge in [-0.15, -0.1) is 0 Å². The molecule has 0 aliphatic rings. The number of ether oxygens (including phenoxy) is 2. The van der Waals surface area contributed by atoms with Crippen LogP contribution in [0.25, 0.3) is 0 Å². The normalized spacial score (nSPS) is 10.7. The molecular weight excluding hydrogens is 384 g/mol. The minimum atomic E-state index is -0.284. The molecule has 0 unspecified atom stereocenters. The fraction of sp³-hybridized carbons (Fsp3) is 0.391. The highest BCUT2D eigenvalue weighted by molar-refractivity contribution is 7.80. The molecule has 1 amide bonds. The fourth-order valence-corrected chi connectivity index (χ4v) is 2.59. The Labute approximate surface area is 178 Å². The van der Waals surface area contributed by atoms with Gasteiger partial charge in [-0.3, -0.25) is 10.1 Å². The first-order valence-electron chi connectivity index (χ1n) is 9.91. The molecule has 0 spiro atoms. The van der Waals surface area contributed by atoms with Crippen LogP contribution >= 0.6 is 12.2 Å². The van der Waals surface area contributed by atoms with Crippen LogP contribution in [-0.2, 0) is 0 Å². The smallest absolute Gasteiger partial charge is 0.257 e. The average molecular weight is 415 g/mol. The van der Waals surface area contributed by atoms with Crippen LogP contribution in [0.3, 0.4) is 0 Å². The van der Waals surface area contributed by atoms with Gasteiger partial charge in [-0.1, -0.05) is 33.8 Å². The van der Waals surface area contributed by atoms with Crippen LogP contribution in [0, 0.1) is 11.8 Å². The van der Waals surface area contributed by atoms with E-state index in [4.69, 9.17) is 21.7 Å². The van der Waals surface area contributed by atoms with Crippen molar-refractivity contribution >= 4 is 28.9 Å². The van der Waals surface area contributed by atoms with Crippen LogP contribution in [0.2, 0.25) is 0 Å². The first-order valence-corrected chi connectivity index (χ1v) is 10.3. The van der Waals surface area contributed by atoms with Gasteiger partial charge in [0.2, 0.25) is 0 Å². The molecule has 0 aliphatic carbocycles. The molecule has 0 saturated carbocycles. The largest absolute Gasteiger partial charge is 0.494 e. The summed E-state index contributed by atoms with van der Waals surface area (Å²) in [6.45, 7) is 9.79. The van der Waals surface area contributed by atoms with E-state index in [1.807, 2.05) is 30.3 Å². The van der Waals surface area contributed by atoms with Crippen LogP contribution in [0.5, 0.6) is 11.5 Å². The zero-order chi connectivity index (χ0) is 21.2.